The maximum atomic E-state index is 13.9. The number of hydrogen-bond donors (Lipinski definition) is 2. The van der Waals surface area contributed by atoms with Crippen LogP contribution in [0.3, 0.4) is 0 Å². The number of nitrogens with zero attached hydrogens (tertiary/aromatic N) is 5. The number of oxazole rings is 1. The molecule has 0 spiro atoms. The highest BCUT2D eigenvalue weighted by molar-refractivity contribution is 5.93. The average molecular weight is 569 g/mol. The lowest BCUT2D eigenvalue weighted by Crippen LogP contribution is -2.40. The molecule has 6 rings (SSSR count). The van der Waals surface area contributed by atoms with Crippen molar-refractivity contribution in [3.8, 4) is 0 Å². The highest BCUT2D eigenvalue weighted by Gasteiger charge is 2.47. The van der Waals surface area contributed by atoms with Gasteiger partial charge in [-0.05, 0) is 48.9 Å². The molecule has 3 aromatic heterocycles. The lowest BCUT2D eigenvalue weighted by molar-refractivity contribution is -0.149. The topological polar surface area (TPSA) is 139 Å². The van der Waals surface area contributed by atoms with E-state index < -0.39 is 48.6 Å². The van der Waals surface area contributed by atoms with E-state index in [1.54, 1.807) is 0 Å². The molecule has 214 valence electrons. The highest BCUT2D eigenvalue weighted by Crippen LogP contribution is 2.43. The fourth-order valence-corrected chi connectivity index (χ4v) is 5.17. The minimum Gasteiger partial charge on any atom is -0.437 e. The summed E-state index contributed by atoms with van der Waals surface area (Å²) >= 11 is 0. The van der Waals surface area contributed by atoms with Crippen LogP contribution < -0.4 is 10.6 Å². The van der Waals surface area contributed by atoms with E-state index in [1.165, 1.54) is 12.1 Å². The number of alkyl halides is 5. The van der Waals surface area contributed by atoms with Gasteiger partial charge in [0.1, 0.15) is 17.8 Å². The Kier molecular flexibility index (Phi) is 6.37. The Bertz CT molecular complexity index is 1430. The Morgan fingerprint density at radius 2 is 1.90 bits per heavy atom. The highest BCUT2D eigenvalue weighted by atomic mass is 19.4. The van der Waals surface area contributed by atoms with Crippen LogP contribution in [0.15, 0.2) is 21.2 Å². The first kappa shape index (κ1) is 26.4. The number of nitrogens with one attached hydrogen (secondary N) is 2. The third kappa shape index (κ3) is 5.30. The number of rotatable bonds is 7. The van der Waals surface area contributed by atoms with Crippen molar-refractivity contribution < 1.29 is 40.6 Å². The Balaban J connectivity index is 1.24. The van der Waals surface area contributed by atoms with Gasteiger partial charge in [0.15, 0.2) is 16.9 Å². The number of amides is 3. The minimum absolute atomic E-state index is 0.0196. The van der Waals surface area contributed by atoms with Crippen molar-refractivity contribution in [1.82, 2.24) is 35.8 Å². The van der Waals surface area contributed by atoms with Crippen LogP contribution in [0.2, 0.25) is 0 Å². The van der Waals surface area contributed by atoms with Gasteiger partial charge >= 0.3 is 12.2 Å². The maximum Gasteiger partial charge on any atom is 0.410 e. The molecular formula is C24H24F5N7O4. The second-order valence-electron chi connectivity index (χ2n) is 10.5. The molecule has 3 aliphatic rings. The van der Waals surface area contributed by atoms with E-state index in [9.17, 15) is 31.5 Å². The van der Waals surface area contributed by atoms with Crippen LogP contribution in [0.1, 0.15) is 78.3 Å². The maximum absolute atomic E-state index is 13.9. The van der Waals surface area contributed by atoms with E-state index >= 15 is 0 Å². The van der Waals surface area contributed by atoms with E-state index in [0.717, 1.165) is 17.7 Å². The number of carbonyl (C=O) groups is 2. The first-order chi connectivity index (χ1) is 19.0. The molecule has 1 saturated heterocycles. The van der Waals surface area contributed by atoms with Gasteiger partial charge in [-0.1, -0.05) is 5.16 Å². The molecule has 1 aliphatic heterocycles. The first-order valence-electron chi connectivity index (χ1n) is 12.9. The fourth-order valence-electron chi connectivity index (χ4n) is 5.17. The zero-order chi connectivity index (χ0) is 28.2. The standard InChI is InChI=1S/C24H24F5N7O4/c25-23(26)7-5-12(6-8-23)17(32-20(37)18-16(11-1-2-11)34-40-35-18)21-33-19-14(39-21)4-3-13(30-19)9-36-10-15(24(27,28)29)31-22(36)38/h3-4,11-12,15,17H,1-2,5-10H2,(H,31,38)(H,32,37)/t15-,17-/m0/s1. The van der Waals surface area contributed by atoms with Gasteiger partial charge in [-0.25, -0.2) is 23.2 Å². The molecule has 0 radical (unpaired) electrons. The molecular weight excluding hydrogens is 545 g/mol. The van der Waals surface area contributed by atoms with Crippen LogP contribution in [-0.2, 0) is 6.54 Å². The normalized spacial score (nSPS) is 22.5. The Morgan fingerprint density at radius 1 is 1.15 bits per heavy atom. The quantitative estimate of drug-likeness (QED) is 0.403. The Morgan fingerprint density at radius 3 is 2.58 bits per heavy atom. The van der Waals surface area contributed by atoms with E-state index in [-0.39, 0.29) is 66.7 Å². The molecule has 0 unspecified atom stereocenters. The molecule has 2 N–H and O–H groups in total. The summed E-state index contributed by atoms with van der Waals surface area (Å²) in [5.74, 6) is -3.70. The first-order valence-corrected chi connectivity index (χ1v) is 12.9. The van der Waals surface area contributed by atoms with Gasteiger partial charge in [-0.2, -0.15) is 18.2 Å². The number of hydrogen-bond acceptors (Lipinski definition) is 8. The smallest absolute Gasteiger partial charge is 0.410 e. The molecule has 11 nitrogen and oxygen atoms in total. The number of aromatic nitrogens is 4. The predicted molar refractivity (Wildman–Crippen MR) is 124 cm³/mol. The number of halogens is 5. The third-order valence-corrected chi connectivity index (χ3v) is 7.54. The van der Waals surface area contributed by atoms with Crippen molar-refractivity contribution >= 4 is 23.2 Å². The number of urea groups is 1. The third-order valence-electron chi connectivity index (χ3n) is 7.54. The molecule has 40 heavy (non-hydrogen) atoms. The zero-order valence-electron chi connectivity index (χ0n) is 20.9. The zero-order valence-corrected chi connectivity index (χ0v) is 20.9. The molecule has 3 aromatic rings. The van der Waals surface area contributed by atoms with Gasteiger partial charge in [0.05, 0.1) is 18.8 Å². The molecule has 0 bridgehead atoms. The van der Waals surface area contributed by atoms with E-state index in [1.807, 2.05) is 5.32 Å². The van der Waals surface area contributed by atoms with Crippen molar-refractivity contribution in [2.45, 2.75) is 75.2 Å². The van der Waals surface area contributed by atoms with Gasteiger partial charge in [0, 0.05) is 18.8 Å². The van der Waals surface area contributed by atoms with Crippen molar-refractivity contribution in [2.75, 3.05) is 6.54 Å². The summed E-state index contributed by atoms with van der Waals surface area (Å²) in [7, 11) is 0. The van der Waals surface area contributed by atoms with Crippen LogP contribution in [0.25, 0.3) is 11.2 Å². The van der Waals surface area contributed by atoms with Gasteiger partial charge in [-0.15, -0.1) is 0 Å². The summed E-state index contributed by atoms with van der Waals surface area (Å²) in [5.41, 5.74) is 1.05. The summed E-state index contributed by atoms with van der Waals surface area (Å²) in [6, 6.07) is -0.737. The number of carbonyl (C=O) groups excluding carboxylic acids is 2. The second-order valence-corrected chi connectivity index (χ2v) is 10.5. The summed E-state index contributed by atoms with van der Waals surface area (Å²) in [6.07, 6.45) is -3.38. The Hall–Kier alpha value is -3.85. The van der Waals surface area contributed by atoms with Crippen LogP contribution in [0.5, 0.6) is 0 Å². The van der Waals surface area contributed by atoms with Crippen LogP contribution in [-0.4, -0.2) is 61.8 Å². The molecule has 16 heteroatoms. The molecule has 4 heterocycles. The Labute approximate surface area is 222 Å². The lowest BCUT2D eigenvalue weighted by atomic mass is 9.82. The molecule has 3 amide bonds. The SMILES string of the molecule is O=C(N[C@H](c1nc2nc(CN3C[C@@H](C(F)(F)F)NC3=O)ccc2o1)C1CCC(F)(F)CC1)c1nonc1C1CC1. The number of fused-ring (bicyclic) bond motifs is 1. The van der Waals surface area contributed by atoms with E-state index in [4.69, 9.17) is 9.05 Å². The molecule has 0 aromatic carbocycles. The van der Waals surface area contributed by atoms with E-state index in [0.29, 0.717) is 5.69 Å². The van der Waals surface area contributed by atoms with Crippen molar-refractivity contribution in [3.05, 3.63) is 35.1 Å². The second kappa shape index (κ2) is 9.66. The van der Waals surface area contributed by atoms with Crippen molar-refractivity contribution in [2.24, 2.45) is 5.92 Å². The summed E-state index contributed by atoms with van der Waals surface area (Å²) in [4.78, 5) is 34.9. The van der Waals surface area contributed by atoms with Crippen LogP contribution >= 0.6 is 0 Å². The predicted octanol–water partition coefficient (Wildman–Crippen LogP) is 4.24. The molecule has 2 saturated carbocycles. The van der Waals surface area contributed by atoms with Gasteiger partial charge in [0.25, 0.3) is 5.91 Å². The molecule has 2 aliphatic carbocycles. The summed E-state index contributed by atoms with van der Waals surface area (Å²) in [5, 5.41) is 12.3. The lowest BCUT2D eigenvalue weighted by Gasteiger charge is -2.32. The largest absolute Gasteiger partial charge is 0.437 e. The van der Waals surface area contributed by atoms with Crippen molar-refractivity contribution in [1.29, 1.82) is 0 Å². The van der Waals surface area contributed by atoms with Crippen molar-refractivity contribution in [3.63, 3.8) is 0 Å². The minimum atomic E-state index is -4.58. The van der Waals surface area contributed by atoms with Gasteiger partial charge < -0.3 is 20.0 Å². The van der Waals surface area contributed by atoms with Crippen LogP contribution in [0.4, 0.5) is 26.7 Å². The average Bonchev–Trinajstić information content (AvgIpc) is 3.28. The number of pyridine rings is 1. The van der Waals surface area contributed by atoms with Crippen LogP contribution in [0, 0.1) is 5.92 Å². The fraction of sp³-hybridized carbons (Fsp3) is 0.583. The molecule has 3 fully saturated rings. The molecule has 2 atom stereocenters. The summed E-state index contributed by atoms with van der Waals surface area (Å²) in [6.45, 7) is -0.760. The monoisotopic (exact) mass is 569 g/mol. The van der Waals surface area contributed by atoms with E-state index in [2.05, 4.69) is 25.6 Å². The summed E-state index contributed by atoms with van der Waals surface area (Å²) < 4.78 is 77.5. The van der Waals surface area contributed by atoms with Gasteiger partial charge in [-0.3, -0.25) is 4.79 Å². The van der Waals surface area contributed by atoms with Gasteiger partial charge in [0.2, 0.25) is 11.8 Å².